The summed E-state index contributed by atoms with van der Waals surface area (Å²) in [6.45, 7) is 15.0. The second kappa shape index (κ2) is 24.5. The Balaban J connectivity index is 0.740. The largest absolute Gasteiger partial charge is 0.454 e. The van der Waals surface area contributed by atoms with Gasteiger partial charge in [-0.3, -0.25) is 9.59 Å². The van der Waals surface area contributed by atoms with Crippen molar-refractivity contribution in [1.29, 1.82) is 0 Å². The van der Waals surface area contributed by atoms with Crippen LogP contribution in [0.4, 0.5) is 0 Å². The molecule has 21 nitrogen and oxygen atoms in total. The second-order valence-corrected chi connectivity index (χ2v) is 24.1. The van der Waals surface area contributed by atoms with Crippen LogP contribution in [-0.4, -0.2) is 207 Å². The number of fused-ring (bicyclic) bond motifs is 5. The van der Waals surface area contributed by atoms with Crippen LogP contribution in [0, 0.1) is 34.5 Å². The molecule has 0 radical (unpaired) electrons. The van der Waals surface area contributed by atoms with Crippen LogP contribution < -0.4 is 0 Å². The third kappa shape index (κ3) is 11.8. The average molecular weight is 1100 g/mol. The van der Waals surface area contributed by atoms with E-state index >= 15 is 0 Å². The number of ether oxygens (including phenoxy) is 14. The molecule has 5 saturated heterocycles. The summed E-state index contributed by atoms with van der Waals surface area (Å²) in [4.78, 5) is 26.2. The van der Waals surface area contributed by atoms with E-state index < -0.39 is 130 Å². The van der Waals surface area contributed by atoms with Crippen LogP contribution in [0.2, 0.25) is 0 Å². The lowest BCUT2D eigenvalue weighted by molar-refractivity contribution is -0.358. The van der Waals surface area contributed by atoms with Crippen LogP contribution in [0.25, 0.3) is 0 Å². The molecule has 4 aliphatic carbocycles. The van der Waals surface area contributed by atoms with E-state index in [-0.39, 0.29) is 71.5 Å². The van der Waals surface area contributed by atoms with Gasteiger partial charge in [-0.15, -0.1) is 0 Å². The van der Waals surface area contributed by atoms with Gasteiger partial charge in [0, 0.05) is 65.8 Å². The molecule has 0 amide bonds. The van der Waals surface area contributed by atoms with E-state index in [0.29, 0.717) is 18.8 Å². The highest BCUT2D eigenvalue weighted by molar-refractivity contribution is 5.91. The van der Waals surface area contributed by atoms with Gasteiger partial charge < -0.3 is 91.8 Å². The number of ketones is 1. The molecule has 8 fully saturated rings. The summed E-state index contributed by atoms with van der Waals surface area (Å²) in [5.41, 5.74) is 1.22. The molecule has 5 N–H and O–H groups in total. The monoisotopic (exact) mass is 1100 g/mol. The summed E-state index contributed by atoms with van der Waals surface area (Å²) in [5, 5.41) is 52.2. The van der Waals surface area contributed by atoms with Gasteiger partial charge in [-0.2, -0.15) is 0 Å². The zero-order valence-corrected chi connectivity index (χ0v) is 46.9. The average Bonchev–Trinajstić information content (AvgIpc) is 3.61. The predicted octanol–water partition coefficient (Wildman–Crippen LogP) is 3.37. The standard InChI is InChI=1S/C56H90O21/c1-12-33-53(71-29(6)58)46(61)44-32-14-13-30-19-31(15-17-55(30,7)34(32)16-18-56(33,44)8)72-41-21-36(64-9)51(26(3)68-41)76-43-22-37(65-10)50(27(4)69-43)75-40-20-35(59)49(25(2)67-40)74-42-23-38(66-11)52(28(5)70-42)77-54-48(63)47(62)45(60)39(24-57)73-54/h13,25-28,31-45,47-54,57,59-60,62-63H,12,14-24H2,1-11H3/t25-,26-,27-,28-,31+,32-,33-,34+,35-,36+,37+,38-,39-,40+,41+,42+,43+,44+,45-,47+,48-,49-,50-,51-,52-,53+,54+,55+,56-/m1/s1. The summed E-state index contributed by atoms with van der Waals surface area (Å²) in [5.74, 6) is 0.292. The highest BCUT2D eigenvalue weighted by Crippen LogP contribution is 2.66. The minimum absolute atomic E-state index is 0.0271. The van der Waals surface area contributed by atoms with E-state index in [1.54, 1.807) is 28.1 Å². The van der Waals surface area contributed by atoms with Crippen molar-refractivity contribution in [3.63, 3.8) is 0 Å². The number of carbonyl (C=O) groups is 2. The third-order valence-corrected chi connectivity index (χ3v) is 19.6. The minimum atomic E-state index is -1.60. The molecule has 77 heavy (non-hydrogen) atoms. The first kappa shape index (κ1) is 59.8. The molecular formula is C56H90O21. The van der Waals surface area contributed by atoms with E-state index in [1.165, 1.54) is 19.6 Å². The first-order valence-corrected chi connectivity index (χ1v) is 28.5. The number of hydrogen-bond donors (Lipinski definition) is 5. The van der Waals surface area contributed by atoms with Gasteiger partial charge in [-0.1, -0.05) is 32.4 Å². The van der Waals surface area contributed by atoms with Gasteiger partial charge in [0.15, 0.2) is 43.3 Å². The Morgan fingerprint density at radius 2 is 1.19 bits per heavy atom. The number of carbonyl (C=O) groups excluding carboxylic acids is 2. The molecule has 440 valence electrons. The van der Waals surface area contributed by atoms with Crippen LogP contribution in [0.3, 0.4) is 0 Å². The molecule has 5 aliphatic heterocycles. The van der Waals surface area contributed by atoms with Crippen molar-refractivity contribution in [2.24, 2.45) is 34.5 Å². The van der Waals surface area contributed by atoms with Gasteiger partial charge in [0.25, 0.3) is 0 Å². The highest BCUT2D eigenvalue weighted by atomic mass is 16.8. The topological polar surface area (TPSA) is 265 Å². The van der Waals surface area contributed by atoms with Crippen LogP contribution in [-0.2, 0) is 75.9 Å². The van der Waals surface area contributed by atoms with E-state index in [0.717, 1.165) is 44.9 Å². The molecule has 0 aromatic heterocycles. The SMILES string of the molecule is CC[C@@H]1[C@H](OC(C)=O)C(=O)[C@@H]2[C@@H]3CC=C4C[C@@H](O[C@H]5C[C@H](OC)[C@H](O[C@H]6C[C@H](OC)[C@H](O[C@H]7C[C@@H](O)[C@H](O[C@H]8C[C@@H](OC)[C@H](O[C@@H]9O[C@H](CO)[C@@H](O)[C@H](O)[C@H]9O)[C@@H](C)O8)[C@@H](C)O7)[C@@H](C)O6)[C@@H](C)O5)CC[C@]4(C)[C@H]3CC[C@]12C. The smallest absolute Gasteiger partial charge is 0.303 e. The first-order valence-electron chi connectivity index (χ1n) is 28.5. The van der Waals surface area contributed by atoms with Crippen LogP contribution in [0.15, 0.2) is 11.6 Å². The highest BCUT2D eigenvalue weighted by Gasteiger charge is 2.66. The number of aliphatic hydroxyl groups excluding tert-OH is 5. The zero-order valence-electron chi connectivity index (χ0n) is 46.9. The molecule has 29 atom stereocenters. The summed E-state index contributed by atoms with van der Waals surface area (Å²) in [6.07, 6.45) is -8.12. The molecule has 9 aliphatic rings. The molecule has 3 saturated carbocycles. The van der Waals surface area contributed by atoms with Crippen LogP contribution in [0.1, 0.15) is 126 Å². The maximum Gasteiger partial charge on any atom is 0.303 e. The number of Topliss-reactive ketones (excluding diaryl/α,β-unsaturated/α-hetero) is 1. The summed E-state index contributed by atoms with van der Waals surface area (Å²) in [6, 6.07) is 0. The Labute approximate surface area is 453 Å². The molecule has 0 spiro atoms. The fourth-order valence-electron chi connectivity index (χ4n) is 15.6. The Kier molecular flexibility index (Phi) is 19.1. The number of allylic oxidation sites excluding steroid dienone is 1. The van der Waals surface area contributed by atoms with Crippen molar-refractivity contribution in [2.45, 2.75) is 267 Å². The quantitative estimate of drug-likeness (QED) is 0.110. The Hall–Kier alpha value is -1.84. The summed E-state index contributed by atoms with van der Waals surface area (Å²) >= 11 is 0. The van der Waals surface area contributed by atoms with Gasteiger partial charge >= 0.3 is 5.97 Å². The van der Waals surface area contributed by atoms with E-state index in [4.69, 9.17) is 66.3 Å². The molecule has 5 heterocycles. The van der Waals surface area contributed by atoms with Crippen molar-refractivity contribution in [3.05, 3.63) is 11.6 Å². The number of esters is 1. The third-order valence-electron chi connectivity index (χ3n) is 19.6. The molecule has 0 aromatic rings. The van der Waals surface area contributed by atoms with Crippen LogP contribution in [0.5, 0.6) is 0 Å². The molecule has 21 heteroatoms. The van der Waals surface area contributed by atoms with Crippen molar-refractivity contribution in [2.75, 3.05) is 27.9 Å². The lowest BCUT2D eigenvalue weighted by Gasteiger charge is -2.57. The Bertz CT molecular complexity index is 2020. The Morgan fingerprint density at radius 1 is 0.675 bits per heavy atom. The van der Waals surface area contributed by atoms with Gasteiger partial charge in [0.05, 0.1) is 61.5 Å². The molecular weight excluding hydrogens is 1010 g/mol. The number of methoxy groups -OCH3 is 3. The van der Waals surface area contributed by atoms with Gasteiger partial charge in [-0.05, 0) is 95.3 Å². The maximum atomic E-state index is 14.1. The maximum absolute atomic E-state index is 14.1. The normalized spacial score (nSPS) is 51.2. The number of hydrogen-bond acceptors (Lipinski definition) is 21. The van der Waals surface area contributed by atoms with E-state index in [2.05, 4.69) is 26.8 Å². The fourth-order valence-corrected chi connectivity index (χ4v) is 15.6. The molecule has 0 bridgehead atoms. The van der Waals surface area contributed by atoms with Crippen molar-refractivity contribution < 1.29 is 101 Å². The molecule has 9 rings (SSSR count). The summed E-state index contributed by atoms with van der Waals surface area (Å²) < 4.78 is 86.9. The fraction of sp³-hybridized carbons (Fsp3) is 0.929. The molecule has 0 aromatic carbocycles. The van der Waals surface area contributed by atoms with Gasteiger partial charge in [0.2, 0.25) is 0 Å². The second-order valence-electron chi connectivity index (χ2n) is 24.1. The van der Waals surface area contributed by atoms with Crippen molar-refractivity contribution in [3.8, 4) is 0 Å². The Morgan fingerprint density at radius 3 is 1.71 bits per heavy atom. The van der Waals surface area contributed by atoms with Gasteiger partial charge in [-0.25, -0.2) is 0 Å². The lowest BCUT2D eigenvalue weighted by Crippen LogP contribution is -2.62. The number of rotatable bonds is 16. The lowest BCUT2D eigenvalue weighted by atomic mass is 9.47. The van der Waals surface area contributed by atoms with E-state index in [9.17, 15) is 35.1 Å². The van der Waals surface area contributed by atoms with Crippen LogP contribution >= 0.6 is 0 Å². The molecule has 0 unspecified atom stereocenters. The summed E-state index contributed by atoms with van der Waals surface area (Å²) in [7, 11) is 4.78. The minimum Gasteiger partial charge on any atom is -0.454 e. The van der Waals surface area contributed by atoms with E-state index in [1.807, 2.05) is 13.8 Å². The van der Waals surface area contributed by atoms with Crippen molar-refractivity contribution >= 4 is 11.8 Å². The first-order chi connectivity index (χ1) is 36.7. The zero-order chi connectivity index (χ0) is 55.4. The predicted molar refractivity (Wildman–Crippen MR) is 269 cm³/mol. The van der Waals surface area contributed by atoms with Crippen molar-refractivity contribution in [1.82, 2.24) is 0 Å². The van der Waals surface area contributed by atoms with Gasteiger partial charge in [0.1, 0.15) is 48.8 Å². The number of aliphatic hydroxyl groups is 5.